The molecule has 3 aromatic rings. The highest BCUT2D eigenvalue weighted by atomic mass is 19.1. The molecule has 0 aromatic heterocycles. The Morgan fingerprint density at radius 1 is 0.886 bits per heavy atom. The van der Waals surface area contributed by atoms with Crippen LogP contribution in [0.15, 0.2) is 72.8 Å². The largest absolute Gasteiger partial charge is 0.497 e. The highest BCUT2D eigenvalue weighted by Gasteiger charge is 2.46. The average molecular weight is 477 g/mol. The fourth-order valence-electron chi connectivity index (χ4n) is 3.83. The van der Waals surface area contributed by atoms with Gasteiger partial charge in [-0.1, -0.05) is 12.1 Å². The van der Waals surface area contributed by atoms with E-state index in [0.29, 0.717) is 28.4 Å². The van der Waals surface area contributed by atoms with Crippen molar-refractivity contribution in [2.75, 3.05) is 24.4 Å². The van der Waals surface area contributed by atoms with Crippen molar-refractivity contribution < 1.29 is 28.2 Å². The number of halogens is 1. The van der Waals surface area contributed by atoms with E-state index in [2.05, 4.69) is 5.32 Å². The van der Waals surface area contributed by atoms with Gasteiger partial charge in [-0.15, -0.1) is 0 Å². The summed E-state index contributed by atoms with van der Waals surface area (Å²) in [6.07, 6.45) is -0.246. The number of amides is 4. The summed E-state index contributed by atoms with van der Waals surface area (Å²) in [5.41, 5.74) is 1.53. The van der Waals surface area contributed by atoms with Gasteiger partial charge in [0.05, 0.1) is 26.3 Å². The van der Waals surface area contributed by atoms with Crippen LogP contribution < -0.4 is 19.7 Å². The first-order chi connectivity index (χ1) is 16.9. The molecule has 180 valence electrons. The van der Waals surface area contributed by atoms with Crippen LogP contribution in [0.2, 0.25) is 0 Å². The number of imide groups is 1. The van der Waals surface area contributed by atoms with Gasteiger partial charge in [0.15, 0.2) is 0 Å². The number of carbonyl (C=O) groups is 3. The van der Waals surface area contributed by atoms with Crippen molar-refractivity contribution in [2.45, 2.75) is 19.0 Å². The first kappa shape index (κ1) is 23.7. The van der Waals surface area contributed by atoms with E-state index in [1.54, 1.807) is 55.6 Å². The van der Waals surface area contributed by atoms with Crippen LogP contribution in [0.3, 0.4) is 0 Å². The number of anilines is 2. The Morgan fingerprint density at radius 2 is 1.46 bits per heavy atom. The molecule has 1 aliphatic rings. The highest BCUT2D eigenvalue weighted by Crippen LogP contribution is 2.30. The second-order valence-corrected chi connectivity index (χ2v) is 7.91. The smallest absolute Gasteiger partial charge is 0.332 e. The van der Waals surface area contributed by atoms with Crippen LogP contribution in [0, 0.1) is 5.82 Å². The Bertz CT molecular complexity index is 1210. The van der Waals surface area contributed by atoms with Gasteiger partial charge in [-0.3, -0.25) is 9.59 Å². The van der Waals surface area contributed by atoms with Crippen molar-refractivity contribution in [3.8, 4) is 11.5 Å². The molecule has 4 amide bonds. The second-order valence-electron chi connectivity index (χ2n) is 7.91. The summed E-state index contributed by atoms with van der Waals surface area (Å²) in [5.74, 6) is -0.145. The normalized spacial score (nSPS) is 15.3. The standard InChI is InChI=1S/C26H24FN3O5/c1-34-21-11-7-19(8-12-21)28-24(31)15-23-25(32)30(20-9-13-22(35-2)14-10-20)26(33)29(23)16-17-3-5-18(27)6-4-17/h3-14,23H,15-16H2,1-2H3,(H,28,31)/t23-/m1/s1. The second kappa shape index (κ2) is 10.3. The summed E-state index contributed by atoms with van der Waals surface area (Å²) >= 11 is 0. The third kappa shape index (κ3) is 5.24. The fourth-order valence-corrected chi connectivity index (χ4v) is 3.83. The molecule has 0 saturated carbocycles. The van der Waals surface area contributed by atoms with Crippen molar-refractivity contribution in [2.24, 2.45) is 0 Å². The minimum atomic E-state index is -1.03. The van der Waals surface area contributed by atoms with Gasteiger partial charge in [-0.25, -0.2) is 14.1 Å². The predicted molar refractivity (Wildman–Crippen MR) is 128 cm³/mol. The molecule has 1 aliphatic heterocycles. The van der Waals surface area contributed by atoms with Gasteiger partial charge >= 0.3 is 6.03 Å². The van der Waals surface area contributed by atoms with E-state index in [1.165, 1.54) is 36.3 Å². The molecule has 1 fully saturated rings. The molecule has 9 heteroatoms. The van der Waals surface area contributed by atoms with Gasteiger partial charge in [-0.05, 0) is 66.2 Å². The molecule has 0 spiro atoms. The molecule has 1 saturated heterocycles. The first-order valence-electron chi connectivity index (χ1n) is 10.9. The number of carbonyl (C=O) groups excluding carboxylic acids is 3. The van der Waals surface area contributed by atoms with E-state index < -0.39 is 29.7 Å². The Hall–Kier alpha value is -4.40. The number of nitrogens with one attached hydrogen (secondary N) is 1. The van der Waals surface area contributed by atoms with Crippen molar-refractivity contribution in [1.82, 2.24) is 4.90 Å². The lowest BCUT2D eigenvalue weighted by molar-refractivity contribution is -0.124. The minimum absolute atomic E-state index is 0.0397. The SMILES string of the molecule is COc1ccc(NC(=O)C[C@@H]2C(=O)N(c3ccc(OC)cc3)C(=O)N2Cc2ccc(F)cc2)cc1. The number of urea groups is 1. The van der Waals surface area contributed by atoms with Gasteiger partial charge in [0, 0.05) is 12.2 Å². The van der Waals surface area contributed by atoms with E-state index in [9.17, 15) is 18.8 Å². The maximum absolute atomic E-state index is 13.4. The van der Waals surface area contributed by atoms with Crippen LogP contribution in [0.5, 0.6) is 11.5 Å². The molecule has 1 atom stereocenters. The Morgan fingerprint density at radius 3 is 2.03 bits per heavy atom. The minimum Gasteiger partial charge on any atom is -0.497 e. The number of hydrogen-bond donors (Lipinski definition) is 1. The average Bonchev–Trinajstić information content (AvgIpc) is 3.09. The lowest BCUT2D eigenvalue weighted by atomic mass is 10.1. The van der Waals surface area contributed by atoms with E-state index in [4.69, 9.17) is 9.47 Å². The summed E-state index contributed by atoms with van der Waals surface area (Å²) in [7, 11) is 3.06. The van der Waals surface area contributed by atoms with E-state index in [-0.39, 0.29) is 13.0 Å². The van der Waals surface area contributed by atoms with Crippen LogP contribution in [-0.2, 0) is 16.1 Å². The van der Waals surface area contributed by atoms with Crippen molar-refractivity contribution in [3.05, 3.63) is 84.2 Å². The molecular weight excluding hydrogens is 453 g/mol. The molecule has 0 unspecified atom stereocenters. The molecule has 0 radical (unpaired) electrons. The first-order valence-corrected chi connectivity index (χ1v) is 10.9. The number of benzene rings is 3. The van der Waals surface area contributed by atoms with Gasteiger partial charge in [0.2, 0.25) is 5.91 Å². The zero-order chi connectivity index (χ0) is 24.9. The van der Waals surface area contributed by atoms with Gasteiger partial charge in [-0.2, -0.15) is 0 Å². The molecule has 1 N–H and O–H groups in total. The zero-order valence-electron chi connectivity index (χ0n) is 19.2. The third-order valence-electron chi connectivity index (χ3n) is 5.67. The predicted octanol–water partition coefficient (Wildman–Crippen LogP) is 4.21. The van der Waals surface area contributed by atoms with Crippen LogP contribution >= 0.6 is 0 Å². The van der Waals surface area contributed by atoms with Crippen molar-refractivity contribution >= 4 is 29.2 Å². The summed E-state index contributed by atoms with van der Waals surface area (Å²) in [6, 6.07) is 17.3. The van der Waals surface area contributed by atoms with Gasteiger partial charge in [0.1, 0.15) is 23.4 Å². The Labute approximate surface area is 201 Å². The summed E-state index contributed by atoms with van der Waals surface area (Å²) in [5, 5.41) is 2.75. The number of nitrogens with zero attached hydrogens (tertiary/aromatic N) is 2. The maximum Gasteiger partial charge on any atom is 0.332 e. The maximum atomic E-state index is 13.4. The molecule has 35 heavy (non-hydrogen) atoms. The van der Waals surface area contributed by atoms with E-state index >= 15 is 0 Å². The quantitative estimate of drug-likeness (QED) is 0.491. The van der Waals surface area contributed by atoms with Crippen molar-refractivity contribution in [3.63, 3.8) is 0 Å². The molecular formula is C26H24FN3O5. The highest BCUT2D eigenvalue weighted by molar-refractivity contribution is 6.22. The summed E-state index contributed by atoms with van der Waals surface area (Å²) < 4.78 is 23.6. The molecule has 3 aromatic carbocycles. The van der Waals surface area contributed by atoms with E-state index in [0.717, 1.165) is 4.90 Å². The van der Waals surface area contributed by atoms with Crippen LogP contribution in [0.1, 0.15) is 12.0 Å². The molecule has 4 rings (SSSR count). The molecule has 8 nitrogen and oxygen atoms in total. The van der Waals surface area contributed by atoms with Crippen LogP contribution in [0.25, 0.3) is 0 Å². The number of hydrogen-bond acceptors (Lipinski definition) is 5. The third-order valence-corrected chi connectivity index (χ3v) is 5.67. The Kier molecular flexibility index (Phi) is 6.96. The van der Waals surface area contributed by atoms with Gasteiger partial charge < -0.3 is 19.7 Å². The topological polar surface area (TPSA) is 88.2 Å². The van der Waals surface area contributed by atoms with Crippen LogP contribution in [0.4, 0.5) is 20.6 Å². The lowest BCUT2D eigenvalue weighted by Gasteiger charge is -2.21. The summed E-state index contributed by atoms with van der Waals surface area (Å²) in [6.45, 7) is 0.0397. The molecule has 1 heterocycles. The number of rotatable bonds is 8. The monoisotopic (exact) mass is 477 g/mol. The van der Waals surface area contributed by atoms with Crippen LogP contribution in [-0.4, -0.2) is 43.0 Å². The lowest BCUT2D eigenvalue weighted by Crippen LogP contribution is -2.37. The summed E-state index contributed by atoms with van der Waals surface area (Å²) in [4.78, 5) is 41.9. The van der Waals surface area contributed by atoms with Gasteiger partial charge in [0.25, 0.3) is 5.91 Å². The molecule has 0 bridgehead atoms. The Balaban J connectivity index is 1.58. The number of ether oxygens (including phenoxy) is 2. The zero-order valence-corrected chi connectivity index (χ0v) is 19.2. The van der Waals surface area contributed by atoms with Crippen molar-refractivity contribution in [1.29, 1.82) is 0 Å². The van der Waals surface area contributed by atoms with E-state index in [1.807, 2.05) is 0 Å². The number of methoxy groups -OCH3 is 2. The fraction of sp³-hybridized carbons (Fsp3) is 0.192. The molecule has 0 aliphatic carbocycles.